The van der Waals surface area contributed by atoms with Gasteiger partial charge in [-0.3, -0.25) is 4.79 Å². The molecule has 26 heavy (non-hydrogen) atoms. The van der Waals surface area contributed by atoms with Gasteiger partial charge in [0.2, 0.25) is 5.91 Å². The van der Waals surface area contributed by atoms with Crippen molar-refractivity contribution < 1.29 is 13.2 Å². The highest BCUT2D eigenvalue weighted by molar-refractivity contribution is 7.99. The summed E-state index contributed by atoms with van der Waals surface area (Å²) in [5.41, 5.74) is 3.29. The van der Waals surface area contributed by atoms with E-state index >= 15 is 0 Å². The molecule has 0 radical (unpaired) electrons. The topological polar surface area (TPSA) is 63.2 Å². The number of sulfone groups is 1. The highest BCUT2D eigenvalue weighted by atomic mass is 32.2. The van der Waals surface area contributed by atoms with Gasteiger partial charge in [0.25, 0.3) is 0 Å². The van der Waals surface area contributed by atoms with Crippen LogP contribution < -0.4 is 5.32 Å². The van der Waals surface area contributed by atoms with E-state index in [9.17, 15) is 13.2 Å². The van der Waals surface area contributed by atoms with Crippen LogP contribution in [-0.4, -0.2) is 25.8 Å². The summed E-state index contributed by atoms with van der Waals surface area (Å²) in [4.78, 5) is 14.4. The lowest BCUT2D eigenvalue weighted by Crippen LogP contribution is -2.17. The maximum Gasteiger partial charge on any atom is 0.224 e. The van der Waals surface area contributed by atoms with E-state index in [1.807, 2.05) is 24.3 Å². The van der Waals surface area contributed by atoms with Crippen molar-refractivity contribution in [2.24, 2.45) is 5.92 Å². The molecule has 1 amide bonds. The van der Waals surface area contributed by atoms with Gasteiger partial charge < -0.3 is 5.32 Å². The van der Waals surface area contributed by atoms with Crippen molar-refractivity contribution in [1.82, 2.24) is 0 Å². The van der Waals surface area contributed by atoms with Crippen molar-refractivity contribution in [3.8, 4) is 0 Å². The van der Waals surface area contributed by atoms with Crippen LogP contribution in [0.3, 0.4) is 0 Å². The average Bonchev–Trinajstić information content (AvgIpc) is 2.91. The normalized spacial score (nSPS) is 18.6. The third kappa shape index (κ3) is 5.11. The molecule has 2 aromatic carbocycles. The fourth-order valence-electron chi connectivity index (χ4n) is 3.03. The maximum atomic E-state index is 12.1. The predicted octanol–water partition coefficient (Wildman–Crippen LogP) is 4.22. The van der Waals surface area contributed by atoms with Crippen molar-refractivity contribution in [2.75, 3.05) is 16.8 Å². The van der Waals surface area contributed by atoms with Gasteiger partial charge in [-0.25, -0.2) is 8.42 Å². The van der Waals surface area contributed by atoms with Crippen LogP contribution in [0.2, 0.25) is 0 Å². The molecule has 138 valence electrons. The van der Waals surface area contributed by atoms with Crippen LogP contribution in [0.15, 0.2) is 52.3 Å². The van der Waals surface area contributed by atoms with Gasteiger partial charge in [0.05, 0.1) is 11.5 Å². The van der Waals surface area contributed by atoms with Crippen molar-refractivity contribution >= 4 is 33.2 Å². The molecule has 1 unspecified atom stereocenters. The maximum absolute atomic E-state index is 12.1. The number of carbonyl (C=O) groups is 1. The summed E-state index contributed by atoms with van der Waals surface area (Å²) < 4.78 is 22.9. The molecule has 6 heteroatoms. The molecule has 3 rings (SSSR count). The fourth-order valence-corrected chi connectivity index (χ4v) is 5.80. The number of aryl methyl sites for hydroxylation is 2. The Morgan fingerprint density at radius 2 is 1.77 bits per heavy atom. The monoisotopic (exact) mass is 389 g/mol. The number of carbonyl (C=O) groups excluding carboxylic acids is 1. The first-order valence-electron chi connectivity index (χ1n) is 8.66. The Labute approximate surface area is 159 Å². The third-order valence-electron chi connectivity index (χ3n) is 4.65. The van der Waals surface area contributed by atoms with Gasteiger partial charge in [-0.15, -0.1) is 0 Å². The van der Waals surface area contributed by atoms with Crippen molar-refractivity contribution in [3.63, 3.8) is 0 Å². The summed E-state index contributed by atoms with van der Waals surface area (Å²) in [6.45, 7) is 4.20. The molecular formula is C20H23NO3S2. The van der Waals surface area contributed by atoms with Crippen LogP contribution in [0.1, 0.15) is 24.0 Å². The van der Waals surface area contributed by atoms with Gasteiger partial charge in [0, 0.05) is 21.9 Å². The molecule has 1 N–H and O–H groups in total. The first kappa shape index (κ1) is 19.0. The zero-order chi connectivity index (χ0) is 18.7. The Morgan fingerprint density at radius 3 is 2.38 bits per heavy atom. The van der Waals surface area contributed by atoms with Crippen molar-refractivity contribution in [3.05, 3.63) is 53.6 Å². The smallest absolute Gasteiger partial charge is 0.224 e. The minimum atomic E-state index is -2.94. The van der Waals surface area contributed by atoms with Crippen LogP contribution in [0.25, 0.3) is 0 Å². The third-order valence-corrected chi connectivity index (χ3v) is 7.49. The summed E-state index contributed by atoms with van der Waals surface area (Å²) in [5, 5.41) is 2.86. The second kappa shape index (κ2) is 7.84. The van der Waals surface area contributed by atoms with Crippen LogP contribution in [0.5, 0.6) is 0 Å². The van der Waals surface area contributed by atoms with Crippen molar-refractivity contribution in [2.45, 2.75) is 36.5 Å². The molecule has 1 atom stereocenters. The summed E-state index contributed by atoms with van der Waals surface area (Å²) in [7, 11) is -2.94. The number of rotatable bonds is 5. The SMILES string of the molecule is Cc1ccc(Sc2ccc(NC(=O)CC3CCS(=O)(=O)C3)cc2)cc1C. The van der Waals surface area contributed by atoms with Crippen LogP contribution in [0.4, 0.5) is 5.69 Å². The van der Waals surface area contributed by atoms with E-state index in [1.165, 1.54) is 16.0 Å². The molecule has 1 aliphatic heterocycles. The van der Waals surface area contributed by atoms with Crippen LogP contribution in [0, 0.1) is 19.8 Å². The number of hydrogen-bond donors (Lipinski definition) is 1. The summed E-state index contributed by atoms with van der Waals surface area (Å²) in [6.07, 6.45) is 0.847. The van der Waals surface area contributed by atoms with Gasteiger partial charge >= 0.3 is 0 Å². The number of nitrogens with one attached hydrogen (secondary N) is 1. The van der Waals surface area contributed by atoms with Gasteiger partial charge in [0.1, 0.15) is 0 Å². The number of hydrogen-bond acceptors (Lipinski definition) is 4. The van der Waals surface area contributed by atoms with E-state index in [1.54, 1.807) is 11.8 Å². The number of benzene rings is 2. The van der Waals surface area contributed by atoms with Gasteiger partial charge in [0.15, 0.2) is 9.84 Å². The highest BCUT2D eigenvalue weighted by Crippen LogP contribution is 2.30. The van der Waals surface area contributed by atoms with E-state index in [0.29, 0.717) is 6.42 Å². The van der Waals surface area contributed by atoms with E-state index in [-0.39, 0.29) is 29.8 Å². The molecule has 0 bridgehead atoms. The number of anilines is 1. The lowest BCUT2D eigenvalue weighted by Gasteiger charge is -2.10. The Morgan fingerprint density at radius 1 is 1.08 bits per heavy atom. The summed E-state index contributed by atoms with van der Waals surface area (Å²) >= 11 is 1.68. The molecule has 1 fully saturated rings. The Kier molecular flexibility index (Phi) is 5.73. The Bertz CT molecular complexity index is 905. The number of amides is 1. The Balaban J connectivity index is 1.55. The lowest BCUT2D eigenvalue weighted by molar-refractivity contribution is -0.116. The molecule has 1 heterocycles. The van der Waals surface area contributed by atoms with Crippen molar-refractivity contribution in [1.29, 1.82) is 0 Å². The standard InChI is InChI=1S/C20H23NO3S2/c1-14-3-6-19(11-15(14)2)25-18-7-4-17(5-8-18)21-20(22)12-16-9-10-26(23,24)13-16/h3-8,11,16H,9-10,12-13H2,1-2H3,(H,21,22). The predicted molar refractivity (Wildman–Crippen MR) is 106 cm³/mol. The molecule has 4 nitrogen and oxygen atoms in total. The zero-order valence-electron chi connectivity index (χ0n) is 15.0. The van der Waals surface area contributed by atoms with Crippen LogP contribution in [-0.2, 0) is 14.6 Å². The fraction of sp³-hybridized carbons (Fsp3) is 0.350. The van der Waals surface area contributed by atoms with E-state index in [2.05, 4.69) is 37.4 Å². The molecule has 0 aromatic heterocycles. The zero-order valence-corrected chi connectivity index (χ0v) is 16.6. The average molecular weight is 390 g/mol. The van der Waals surface area contributed by atoms with Gasteiger partial charge in [-0.1, -0.05) is 17.8 Å². The molecule has 0 saturated carbocycles. The largest absolute Gasteiger partial charge is 0.326 e. The molecule has 0 aliphatic carbocycles. The second-order valence-electron chi connectivity index (χ2n) is 6.89. The van der Waals surface area contributed by atoms with E-state index in [4.69, 9.17) is 0 Å². The first-order chi connectivity index (χ1) is 12.3. The van der Waals surface area contributed by atoms with Gasteiger partial charge in [-0.05, 0) is 73.7 Å². The quantitative estimate of drug-likeness (QED) is 0.832. The minimum Gasteiger partial charge on any atom is -0.326 e. The van der Waals surface area contributed by atoms with Crippen LogP contribution >= 0.6 is 11.8 Å². The van der Waals surface area contributed by atoms with E-state index in [0.717, 1.165) is 10.6 Å². The molecule has 0 spiro atoms. The summed E-state index contributed by atoms with van der Waals surface area (Å²) in [5.74, 6) is 0.155. The molecular weight excluding hydrogens is 366 g/mol. The Hall–Kier alpha value is -1.79. The molecule has 1 saturated heterocycles. The molecule has 1 aliphatic rings. The highest BCUT2D eigenvalue weighted by Gasteiger charge is 2.29. The second-order valence-corrected chi connectivity index (χ2v) is 10.3. The summed E-state index contributed by atoms with van der Waals surface area (Å²) in [6, 6.07) is 14.1. The molecule has 2 aromatic rings. The first-order valence-corrected chi connectivity index (χ1v) is 11.3. The van der Waals surface area contributed by atoms with Gasteiger partial charge in [-0.2, -0.15) is 0 Å². The van der Waals surface area contributed by atoms with E-state index < -0.39 is 9.84 Å². The lowest BCUT2D eigenvalue weighted by atomic mass is 10.1. The minimum absolute atomic E-state index is 0.0559.